The molecule has 1 unspecified atom stereocenters. The van der Waals surface area contributed by atoms with Gasteiger partial charge in [-0.3, -0.25) is 0 Å². The zero-order chi connectivity index (χ0) is 31.4. The van der Waals surface area contributed by atoms with Crippen LogP contribution in [-0.4, -0.2) is 24.7 Å². The number of aliphatic hydroxyl groups is 1. The van der Waals surface area contributed by atoms with Gasteiger partial charge in [-0.05, 0) is 36.2 Å². The second-order valence-electron chi connectivity index (χ2n) is 10.0. The molecule has 0 spiro atoms. The number of ether oxygens (including phenoxy) is 4. The van der Waals surface area contributed by atoms with Crippen LogP contribution < -0.4 is 4.74 Å². The number of alkyl halides is 5. The van der Waals surface area contributed by atoms with Crippen molar-refractivity contribution in [3.63, 3.8) is 0 Å². The number of aliphatic hydroxyl groups excluding tert-OH is 1. The van der Waals surface area contributed by atoms with Crippen LogP contribution in [0.25, 0.3) is 11.1 Å². The van der Waals surface area contributed by atoms with Gasteiger partial charge in [-0.2, -0.15) is 8.78 Å². The topological polar surface area (TPSA) is 57.2 Å². The maximum absolute atomic E-state index is 14.8. The van der Waals surface area contributed by atoms with Gasteiger partial charge in [-0.15, -0.1) is 13.2 Å². The molecule has 13 heteroatoms. The predicted molar refractivity (Wildman–Crippen MR) is 137 cm³/mol. The normalized spacial score (nSPS) is 18.5. The van der Waals surface area contributed by atoms with Crippen LogP contribution in [0.3, 0.4) is 0 Å². The van der Waals surface area contributed by atoms with Gasteiger partial charge in [-0.1, -0.05) is 50.5 Å². The summed E-state index contributed by atoms with van der Waals surface area (Å²) in [7, 11) is 0. The van der Waals surface area contributed by atoms with E-state index in [2.05, 4.69) is 11.7 Å². The molecule has 0 amide bonds. The molecule has 1 atom stereocenters. The highest BCUT2D eigenvalue weighted by Gasteiger charge is 2.49. The van der Waals surface area contributed by atoms with E-state index in [1.165, 1.54) is 0 Å². The van der Waals surface area contributed by atoms with Crippen molar-refractivity contribution >= 4 is 0 Å². The third kappa shape index (κ3) is 8.43. The van der Waals surface area contributed by atoms with E-state index in [1.807, 2.05) is 0 Å². The van der Waals surface area contributed by atoms with Crippen molar-refractivity contribution in [1.82, 2.24) is 0 Å². The zero-order valence-electron chi connectivity index (χ0n) is 22.8. The fourth-order valence-electron chi connectivity index (χ4n) is 4.61. The second kappa shape index (κ2) is 13.6. The molecule has 0 radical (unpaired) electrons. The number of hydrogen-bond donors (Lipinski definition) is 1. The molecule has 1 aliphatic rings. The van der Waals surface area contributed by atoms with Crippen molar-refractivity contribution in [2.24, 2.45) is 5.92 Å². The Labute approximate surface area is 241 Å². The Morgan fingerprint density at radius 1 is 0.860 bits per heavy atom. The van der Waals surface area contributed by atoms with Gasteiger partial charge >= 0.3 is 12.5 Å². The highest BCUT2D eigenvalue weighted by Crippen LogP contribution is 2.40. The monoisotopic (exact) mass is 620 g/mol. The zero-order valence-corrected chi connectivity index (χ0v) is 22.8. The molecule has 1 aliphatic heterocycles. The SMILES string of the molecule is CCCCCC1COC(c2ccc(C(O)Oc3ccc(-c4cc(F)c(C(F)(F)OC(F)(F)F)c(F)c4)c(F)c3)cc2)OC1. The first kappa shape index (κ1) is 32.6. The molecule has 5 nitrogen and oxygen atoms in total. The molecule has 0 bridgehead atoms. The molecular formula is C30H28F8O5. The molecule has 1 N–H and O–H groups in total. The maximum atomic E-state index is 14.8. The Bertz CT molecular complexity index is 1350. The average molecular weight is 621 g/mol. The molecule has 3 aromatic rings. The molecule has 0 saturated carbocycles. The second-order valence-corrected chi connectivity index (χ2v) is 10.0. The Balaban J connectivity index is 1.40. The summed E-state index contributed by atoms with van der Waals surface area (Å²) in [5, 5.41) is 10.5. The van der Waals surface area contributed by atoms with E-state index in [4.69, 9.17) is 14.2 Å². The number of unbranched alkanes of at least 4 members (excludes halogenated alkanes) is 2. The van der Waals surface area contributed by atoms with E-state index < -0.39 is 59.2 Å². The van der Waals surface area contributed by atoms with Crippen LogP contribution in [0.4, 0.5) is 35.1 Å². The minimum atomic E-state index is -5.88. The maximum Gasteiger partial charge on any atom is 0.527 e. The molecule has 234 valence electrons. The summed E-state index contributed by atoms with van der Waals surface area (Å²) in [6, 6.07) is 9.90. The first-order valence-electron chi connectivity index (χ1n) is 13.4. The molecule has 1 saturated heterocycles. The highest BCUT2D eigenvalue weighted by atomic mass is 19.4. The Morgan fingerprint density at radius 2 is 1.49 bits per heavy atom. The Hall–Kier alpha value is -3.26. The molecular weight excluding hydrogens is 592 g/mol. The van der Waals surface area contributed by atoms with Gasteiger partial charge < -0.3 is 19.3 Å². The van der Waals surface area contributed by atoms with Gasteiger partial charge in [0.05, 0.1) is 13.2 Å². The summed E-state index contributed by atoms with van der Waals surface area (Å²) in [5.74, 6) is -5.14. The van der Waals surface area contributed by atoms with Gasteiger partial charge in [-0.25, -0.2) is 17.9 Å². The number of hydrogen-bond acceptors (Lipinski definition) is 5. The van der Waals surface area contributed by atoms with Crippen LogP contribution in [0, 0.1) is 23.4 Å². The van der Waals surface area contributed by atoms with Gasteiger partial charge in [0.2, 0.25) is 6.29 Å². The standard InChI is InChI=1S/C30H28F8O5/c1-2-3-4-5-17-15-40-28(41-16-17)19-8-6-18(7-9-19)27(39)42-21-10-11-22(23(31)14-21)20-12-24(32)26(25(33)13-20)29(34,35)43-30(36,37)38/h6-14,17,27-28,39H,2-5,15-16H2,1H3. The molecule has 1 heterocycles. The summed E-state index contributed by atoms with van der Waals surface area (Å²) < 4.78 is 127. The van der Waals surface area contributed by atoms with Crippen LogP contribution in [0.2, 0.25) is 0 Å². The quantitative estimate of drug-likeness (QED) is 0.132. The summed E-state index contributed by atoms with van der Waals surface area (Å²) in [5.41, 5.74) is -2.30. The summed E-state index contributed by atoms with van der Waals surface area (Å²) in [6.07, 6.45) is -8.90. The lowest BCUT2D eigenvalue weighted by Gasteiger charge is -2.29. The highest BCUT2D eigenvalue weighted by molar-refractivity contribution is 5.66. The van der Waals surface area contributed by atoms with Crippen molar-refractivity contribution in [1.29, 1.82) is 0 Å². The fourth-order valence-corrected chi connectivity index (χ4v) is 4.61. The van der Waals surface area contributed by atoms with Gasteiger partial charge in [0.15, 0.2) is 6.29 Å². The Morgan fingerprint density at radius 3 is 2.05 bits per heavy atom. The third-order valence-electron chi connectivity index (χ3n) is 6.75. The molecule has 4 rings (SSSR count). The van der Waals surface area contributed by atoms with Gasteiger partial charge in [0.1, 0.15) is 28.8 Å². The minimum Gasteiger partial charge on any atom is -0.461 e. The lowest BCUT2D eigenvalue weighted by Crippen LogP contribution is -2.29. The van der Waals surface area contributed by atoms with E-state index in [9.17, 15) is 40.2 Å². The van der Waals surface area contributed by atoms with Crippen LogP contribution in [-0.2, 0) is 20.3 Å². The largest absolute Gasteiger partial charge is 0.527 e. The molecule has 0 aromatic heterocycles. The van der Waals surface area contributed by atoms with Crippen LogP contribution in [0.15, 0.2) is 54.6 Å². The van der Waals surface area contributed by atoms with Crippen molar-refractivity contribution in [3.8, 4) is 16.9 Å². The minimum absolute atomic E-state index is 0.187. The van der Waals surface area contributed by atoms with Gasteiger partial charge in [0.25, 0.3) is 0 Å². The van der Waals surface area contributed by atoms with Crippen LogP contribution in [0.1, 0.15) is 61.9 Å². The fraction of sp³-hybridized carbons (Fsp3) is 0.400. The van der Waals surface area contributed by atoms with Crippen LogP contribution in [0.5, 0.6) is 5.75 Å². The summed E-state index contributed by atoms with van der Waals surface area (Å²) in [4.78, 5) is 0. The van der Waals surface area contributed by atoms with Crippen molar-refractivity contribution < 1.29 is 59.2 Å². The third-order valence-corrected chi connectivity index (χ3v) is 6.75. The van der Waals surface area contributed by atoms with Crippen molar-refractivity contribution in [2.45, 2.75) is 57.7 Å². The van der Waals surface area contributed by atoms with E-state index in [0.29, 0.717) is 24.7 Å². The van der Waals surface area contributed by atoms with E-state index >= 15 is 0 Å². The van der Waals surface area contributed by atoms with Crippen molar-refractivity contribution in [3.05, 3.63) is 88.7 Å². The number of benzene rings is 3. The molecule has 0 aliphatic carbocycles. The lowest BCUT2D eigenvalue weighted by atomic mass is 10.0. The Kier molecular flexibility index (Phi) is 10.3. The first-order valence-corrected chi connectivity index (χ1v) is 13.4. The predicted octanol–water partition coefficient (Wildman–Crippen LogP) is 8.67. The van der Waals surface area contributed by atoms with E-state index in [1.54, 1.807) is 24.3 Å². The first-order chi connectivity index (χ1) is 20.3. The smallest absolute Gasteiger partial charge is 0.461 e. The molecule has 43 heavy (non-hydrogen) atoms. The van der Waals surface area contributed by atoms with Crippen LogP contribution >= 0.6 is 0 Å². The average Bonchev–Trinajstić information content (AvgIpc) is 2.92. The van der Waals surface area contributed by atoms with E-state index in [0.717, 1.165) is 49.4 Å². The van der Waals surface area contributed by atoms with E-state index in [-0.39, 0.29) is 17.9 Å². The summed E-state index contributed by atoms with van der Waals surface area (Å²) in [6.45, 7) is 3.29. The molecule has 1 fully saturated rings. The molecule has 3 aromatic carbocycles. The summed E-state index contributed by atoms with van der Waals surface area (Å²) >= 11 is 0. The van der Waals surface area contributed by atoms with Gasteiger partial charge in [0, 0.05) is 28.7 Å². The lowest BCUT2D eigenvalue weighted by molar-refractivity contribution is -0.432. The van der Waals surface area contributed by atoms with Crippen molar-refractivity contribution in [2.75, 3.05) is 13.2 Å². The number of halogens is 8. The number of rotatable bonds is 11.